The lowest BCUT2D eigenvalue weighted by atomic mass is 10.2. The van der Waals surface area contributed by atoms with Gasteiger partial charge < -0.3 is 9.79 Å². The molecule has 3 aromatic rings. The van der Waals surface area contributed by atoms with Gasteiger partial charge in [-0.05, 0) is 17.5 Å². The molecule has 0 aliphatic carbocycles. The molecule has 0 saturated heterocycles. The van der Waals surface area contributed by atoms with Gasteiger partial charge in [0.25, 0.3) is 0 Å². The van der Waals surface area contributed by atoms with Crippen LogP contribution >= 0.6 is 18.9 Å². The van der Waals surface area contributed by atoms with Crippen molar-refractivity contribution in [1.29, 1.82) is 0 Å². The lowest BCUT2D eigenvalue weighted by Gasteiger charge is -2.08. The molecule has 3 heterocycles. The smallest absolute Gasteiger partial charge is 0.324 e. The van der Waals surface area contributed by atoms with Gasteiger partial charge in [-0.15, -0.1) is 0 Å². The van der Waals surface area contributed by atoms with E-state index in [4.69, 9.17) is 9.79 Å². The Labute approximate surface area is 112 Å². The van der Waals surface area contributed by atoms with E-state index in [1.807, 2.05) is 16.8 Å². The van der Waals surface area contributed by atoms with Crippen molar-refractivity contribution < 1.29 is 14.4 Å². The first kappa shape index (κ1) is 12.5. The van der Waals surface area contributed by atoms with Gasteiger partial charge in [-0.2, -0.15) is 16.4 Å². The van der Waals surface area contributed by atoms with Crippen molar-refractivity contribution in [3.05, 3.63) is 40.8 Å². The molecule has 0 spiro atoms. The normalized spacial score (nSPS) is 12.1. The Balaban J connectivity index is 2.19. The molecule has 8 heteroatoms. The van der Waals surface area contributed by atoms with Crippen LogP contribution in [0.15, 0.2) is 35.2 Å². The van der Waals surface area contributed by atoms with Crippen LogP contribution in [0.5, 0.6) is 0 Å². The van der Waals surface area contributed by atoms with Crippen LogP contribution < -0.4 is 0 Å². The second-order valence-corrected chi connectivity index (χ2v) is 6.49. The second kappa shape index (κ2) is 4.54. The minimum atomic E-state index is -4.15. The van der Waals surface area contributed by atoms with E-state index in [1.54, 1.807) is 29.7 Å². The van der Waals surface area contributed by atoms with Gasteiger partial charge in [0.1, 0.15) is 0 Å². The standard InChI is InChI=1S/C11H10N3O3PS/c15-18(16,17)6-9-5-10(8-2-4-19-7-8)13-11-1-3-12-14(9)11/h1-5,7H,6H2,(H2,15,16,17). The zero-order chi connectivity index (χ0) is 13.5. The van der Waals surface area contributed by atoms with Crippen molar-refractivity contribution in [3.8, 4) is 11.3 Å². The summed E-state index contributed by atoms with van der Waals surface area (Å²) in [6.45, 7) is 0. The summed E-state index contributed by atoms with van der Waals surface area (Å²) in [7, 11) is -4.15. The van der Waals surface area contributed by atoms with Gasteiger partial charge in [-0.25, -0.2) is 9.50 Å². The van der Waals surface area contributed by atoms with Crippen LogP contribution in [0, 0.1) is 0 Å². The van der Waals surface area contributed by atoms with E-state index in [0.717, 1.165) is 5.56 Å². The number of nitrogens with zero attached hydrogens (tertiary/aromatic N) is 3. The lowest BCUT2D eigenvalue weighted by Crippen LogP contribution is -2.02. The molecule has 6 nitrogen and oxygen atoms in total. The Kier molecular flexibility index (Phi) is 2.99. The first-order valence-corrected chi connectivity index (χ1v) is 8.18. The highest BCUT2D eigenvalue weighted by Crippen LogP contribution is 2.39. The van der Waals surface area contributed by atoms with Crippen molar-refractivity contribution >= 4 is 24.6 Å². The fourth-order valence-corrected chi connectivity index (χ4v) is 3.16. The molecule has 0 bridgehead atoms. The molecule has 98 valence electrons. The van der Waals surface area contributed by atoms with E-state index in [0.29, 0.717) is 17.0 Å². The average molecular weight is 295 g/mol. The van der Waals surface area contributed by atoms with Crippen LogP contribution in [0.4, 0.5) is 0 Å². The SMILES string of the molecule is O=P(O)(O)Cc1cc(-c2ccsc2)nc2ccnn12. The average Bonchev–Trinajstić information content (AvgIpc) is 2.97. The van der Waals surface area contributed by atoms with Crippen molar-refractivity contribution in [2.24, 2.45) is 0 Å². The minimum Gasteiger partial charge on any atom is -0.324 e. The molecular formula is C11H10N3O3PS. The van der Waals surface area contributed by atoms with Crippen LogP contribution in [-0.2, 0) is 10.7 Å². The Morgan fingerprint density at radius 2 is 2.21 bits per heavy atom. The highest BCUT2D eigenvalue weighted by molar-refractivity contribution is 7.50. The van der Waals surface area contributed by atoms with Gasteiger partial charge in [0.2, 0.25) is 0 Å². The highest BCUT2D eigenvalue weighted by atomic mass is 32.1. The molecule has 0 saturated carbocycles. The van der Waals surface area contributed by atoms with Gasteiger partial charge in [-0.1, -0.05) is 0 Å². The summed E-state index contributed by atoms with van der Waals surface area (Å²) < 4.78 is 12.7. The van der Waals surface area contributed by atoms with Crippen LogP contribution in [-0.4, -0.2) is 24.4 Å². The third kappa shape index (κ3) is 2.59. The first-order chi connectivity index (χ1) is 9.03. The quantitative estimate of drug-likeness (QED) is 0.723. The van der Waals surface area contributed by atoms with Crippen LogP contribution in [0.2, 0.25) is 0 Å². The minimum absolute atomic E-state index is 0.356. The van der Waals surface area contributed by atoms with Crippen molar-refractivity contribution in [2.45, 2.75) is 6.16 Å². The Hall–Kier alpha value is -1.53. The highest BCUT2D eigenvalue weighted by Gasteiger charge is 2.18. The molecule has 3 rings (SSSR count). The summed E-state index contributed by atoms with van der Waals surface area (Å²) in [5.41, 5.74) is 2.65. The summed E-state index contributed by atoms with van der Waals surface area (Å²) in [4.78, 5) is 22.7. The molecule has 0 atom stereocenters. The predicted molar refractivity (Wildman–Crippen MR) is 72.0 cm³/mol. The molecule has 0 radical (unpaired) electrons. The number of fused-ring (bicyclic) bond motifs is 1. The molecule has 2 N–H and O–H groups in total. The summed E-state index contributed by atoms with van der Waals surface area (Å²) in [6, 6.07) is 5.29. The van der Waals surface area contributed by atoms with Gasteiger partial charge in [0.15, 0.2) is 5.65 Å². The molecule has 0 unspecified atom stereocenters. The Morgan fingerprint density at radius 3 is 2.89 bits per heavy atom. The van der Waals surface area contributed by atoms with E-state index in [9.17, 15) is 4.57 Å². The van der Waals surface area contributed by atoms with E-state index >= 15 is 0 Å². The summed E-state index contributed by atoms with van der Waals surface area (Å²) >= 11 is 1.54. The van der Waals surface area contributed by atoms with E-state index in [1.165, 1.54) is 4.52 Å². The maximum atomic E-state index is 11.2. The molecule has 19 heavy (non-hydrogen) atoms. The van der Waals surface area contributed by atoms with Gasteiger partial charge in [-0.3, -0.25) is 4.57 Å². The fourth-order valence-electron chi connectivity index (χ4n) is 1.86. The molecule has 0 amide bonds. The van der Waals surface area contributed by atoms with E-state index < -0.39 is 7.60 Å². The zero-order valence-electron chi connectivity index (χ0n) is 9.67. The summed E-state index contributed by atoms with van der Waals surface area (Å²) in [5.74, 6) is 0. The maximum Gasteiger partial charge on any atom is 0.331 e. The van der Waals surface area contributed by atoms with Gasteiger partial charge >= 0.3 is 7.60 Å². The van der Waals surface area contributed by atoms with Crippen LogP contribution in [0.3, 0.4) is 0 Å². The summed E-state index contributed by atoms with van der Waals surface area (Å²) in [6.07, 6.45) is 1.20. The topological polar surface area (TPSA) is 87.7 Å². The zero-order valence-corrected chi connectivity index (χ0v) is 11.4. The second-order valence-electron chi connectivity index (χ2n) is 4.07. The van der Waals surface area contributed by atoms with Crippen LogP contribution in [0.25, 0.3) is 16.9 Å². The van der Waals surface area contributed by atoms with E-state index in [2.05, 4.69) is 10.1 Å². The van der Waals surface area contributed by atoms with Gasteiger partial charge in [0.05, 0.1) is 23.7 Å². The number of aromatic nitrogens is 3. The monoisotopic (exact) mass is 295 g/mol. The van der Waals surface area contributed by atoms with Crippen LogP contribution in [0.1, 0.15) is 5.69 Å². The molecule has 0 aliphatic rings. The van der Waals surface area contributed by atoms with Crippen molar-refractivity contribution in [3.63, 3.8) is 0 Å². The number of rotatable bonds is 3. The third-order valence-corrected chi connectivity index (χ3v) is 4.04. The van der Waals surface area contributed by atoms with Crippen molar-refractivity contribution in [1.82, 2.24) is 14.6 Å². The maximum absolute atomic E-state index is 11.2. The molecule has 0 aromatic carbocycles. The number of thiophene rings is 1. The number of hydrogen-bond donors (Lipinski definition) is 2. The third-order valence-electron chi connectivity index (χ3n) is 2.62. The largest absolute Gasteiger partial charge is 0.331 e. The first-order valence-electron chi connectivity index (χ1n) is 5.44. The molecule has 3 aromatic heterocycles. The molecular weight excluding hydrogens is 285 g/mol. The molecule has 0 fully saturated rings. The van der Waals surface area contributed by atoms with E-state index in [-0.39, 0.29) is 6.16 Å². The van der Waals surface area contributed by atoms with Crippen molar-refractivity contribution in [2.75, 3.05) is 0 Å². The Morgan fingerprint density at radius 1 is 1.37 bits per heavy atom. The predicted octanol–water partition coefficient (Wildman–Crippen LogP) is 2.14. The fraction of sp³-hybridized carbons (Fsp3) is 0.0909. The summed E-state index contributed by atoms with van der Waals surface area (Å²) in [5, 5.41) is 7.91. The molecule has 0 aliphatic heterocycles. The lowest BCUT2D eigenvalue weighted by molar-refractivity contribution is 0.370. The number of hydrogen-bond acceptors (Lipinski definition) is 4. The van der Waals surface area contributed by atoms with Gasteiger partial charge in [0, 0.05) is 17.0 Å². The Bertz CT molecular complexity index is 763.